The largest absolute Gasteiger partial charge is 0.380 e. The van der Waals surface area contributed by atoms with Crippen LogP contribution >= 0.6 is 0 Å². The summed E-state index contributed by atoms with van der Waals surface area (Å²) in [6.45, 7) is 5.88. The van der Waals surface area contributed by atoms with Gasteiger partial charge in [-0.05, 0) is 37.5 Å². The zero-order chi connectivity index (χ0) is 15.1. The standard InChI is InChI=1S/C16H24FN3O/c1-3-18-16(20-8-4-5-9-20)19-11-13-6-7-15(17)14(10-13)12-21-2/h6-7,10H,3-5,8-9,11-12H2,1-2H3,(H,18,19). The second-order valence-corrected chi connectivity index (χ2v) is 5.22. The summed E-state index contributed by atoms with van der Waals surface area (Å²) in [6.07, 6.45) is 2.44. The second kappa shape index (κ2) is 7.98. The Morgan fingerprint density at radius 3 is 2.81 bits per heavy atom. The SMILES string of the molecule is CCNC(=NCc1ccc(F)c(COC)c1)N1CCCC1. The van der Waals surface area contributed by atoms with Crippen molar-refractivity contribution in [3.63, 3.8) is 0 Å². The summed E-state index contributed by atoms with van der Waals surface area (Å²) in [5.74, 6) is 0.726. The highest BCUT2D eigenvalue weighted by Crippen LogP contribution is 2.13. The third-order valence-electron chi connectivity index (χ3n) is 3.56. The Labute approximate surface area is 126 Å². The van der Waals surface area contributed by atoms with Gasteiger partial charge in [0.25, 0.3) is 0 Å². The third kappa shape index (κ3) is 4.43. The van der Waals surface area contributed by atoms with E-state index in [1.54, 1.807) is 13.2 Å². The van der Waals surface area contributed by atoms with E-state index in [4.69, 9.17) is 4.74 Å². The van der Waals surface area contributed by atoms with E-state index in [0.717, 1.165) is 31.2 Å². The number of likely N-dealkylation sites (tertiary alicyclic amines) is 1. The Balaban J connectivity index is 2.07. The van der Waals surface area contributed by atoms with Gasteiger partial charge in [0.15, 0.2) is 5.96 Å². The summed E-state index contributed by atoms with van der Waals surface area (Å²) in [5.41, 5.74) is 1.58. The first-order valence-electron chi connectivity index (χ1n) is 7.54. The Morgan fingerprint density at radius 1 is 1.38 bits per heavy atom. The topological polar surface area (TPSA) is 36.9 Å². The molecule has 0 aliphatic carbocycles. The van der Waals surface area contributed by atoms with Crippen molar-refractivity contribution >= 4 is 5.96 Å². The molecular weight excluding hydrogens is 269 g/mol. The van der Waals surface area contributed by atoms with Crippen LogP contribution in [0.2, 0.25) is 0 Å². The van der Waals surface area contributed by atoms with E-state index < -0.39 is 0 Å². The summed E-state index contributed by atoms with van der Waals surface area (Å²) < 4.78 is 18.6. The highest BCUT2D eigenvalue weighted by atomic mass is 19.1. The van der Waals surface area contributed by atoms with E-state index in [9.17, 15) is 4.39 Å². The van der Waals surface area contributed by atoms with Gasteiger partial charge in [-0.25, -0.2) is 9.38 Å². The number of nitrogens with zero attached hydrogens (tertiary/aromatic N) is 2. The third-order valence-corrected chi connectivity index (χ3v) is 3.56. The summed E-state index contributed by atoms with van der Waals surface area (Å²) in [4.78, 5) is 6.95. The van der Waals surface area contributed by atoms with Crippen molar-refractivity contribution in [1.82, 2.24) is 10.2 Å². The van der Waals surface area contributed by atoms with Crippen molar-refractivity contribution in [2.24, 2.45) is 4.99 Å². The van der Waals surface area contributed by atoms with Gasteiger partial charge in [0.1, 0.15) is 5.82 Å². The van der Waals surface area contributed by atoms with Gasteiger partial charge in [-0.3, -0.25) is 0 Å². The zero-order valence-electron chi connectivity index (χ0n) is 12.9. The van der Waals surface area contributed by atoms with Gasteiger partial charge in [-0.15, -0.1) is 0 Å². The molecule has 1 aliphatic heterocycles. The lowest BCUT2D eigenvalue weighted by atomic mass is 10.1. The number of rotatable bonds is 5. The van der Waals surface area contributed by atoms with E-state index in [1.807, 2.05) is 6.07 Å². The van der Waals surface area contributed by atoms with Crippen LogP contribution in [0, 0.1) is 5.82 Å². The first kappa shape index (κ1) is 15.8. The molecule has 1 aromatic rings. The Kier molecular flexibility index (Phi) is 5.99. The molecule has 1 aliphatic rings. The van der Waals surface area contributed by atoms with Crippen molar-refractivity contribution in [3.05, 3.63) is 35.1 Å². The maximum Gasteiger partial charge on any atom is 0.194 e. The van der Waals surface area contributed by atoms with Crippen LogP contribution in [0.15, 0.2) is 23.2 Å². The van der Waals surface area contributed by atoms with Gasteiger partial charge in [0.05, 0.1) is 13.2 Å². The van der Waals surface area contributed by atoms with E-state index in [0.29, 0.717) is 12.1 Å². The molecule has 1 saturated heterocycles. The number of hydrogen-bond donors (Lipinski definition) is 1. The molecule has 1 fully saturated rings. The Hall–Kier alpha value is -1.62. The smallest absolute Gasteiger partial charge is 0.194 e. The molecule has 5 heteroatoms. The lowest BCUT2D eigenvalue weighted by Crippen LogP contribution is -2.39. The van der Waals surface area contributed by atoms with Crippen LogP contribution in [0.5, 0.6) is 0 Å². The van der Waals surface area contributed by atoms with Crippen molar-refractivity contribution in [3.8, 4) is 0 Å². The number of benzene rings is 1. The van der Waals surface area contributed by atoms with E-state index in [-0.39, 0.29) is 12.4 Å². The molecule has 0 radical (unpaired) electrons. The fourth-order valence-electron chi connectivity index (χ4n) is 2.51. The first-order valence-corrected chi connectivity index (χ1v) is 7.54. The number of halogens is 1. The van der Waals surface area contributed by atoms with E-state index in [1.165, 1.54) is 18.9 Å². The molecule has 21 heavy (non-hydrogen) atoms. The molecule has 0 bridgehead atoms. The number of hydrogen-bond acceptors (Lipinski definition) is 2. The number of ether oxygens (including phenoxy) is 1. The van der Waals surface area contributed by atoms with Crippen molar-refractivity contribution < 1.29 is 9.13 Å². The highest BCUT2D eigenvalue weighted by Gasteiger charge is 2.15. The van der Waals surface area contributed by atoms with Gasteiger partial charge < -0.3 is 15.0 Å². The van der Waals surface area contributed by atoms with Crippen LogP contribution in [-0.4, -0.2) is 37.6 Å². The van der Waals surface area contributed by atoms with Gasteiger partial charge in [0.2, 0.25) is 0 Å². The number of nitrogens with one attached hydrogen (secondary N) is 1. The maximum absolute atomic E-state index is 13.6. The minimum absolute atomic E-state index is 0.226. The molecule has 0 amide bonds. The molecule has 4 nitrogen and oxygen atoms in total. The molecule has 0 saturated carbocycles. The van der Waals surface area contributed by atoms with Crippen molar-refractivity contribution in [2.75, 3.05) is 26.7 Å². The number of guanidine groups is 1. The molecule has 0 aromatic heterocycles. The Morgan fingerprint density at radius 2 is 2.14 bits per heavy atom. The number of methoxy groups -OCH3 is 1. The van der Waals surface area contributed by atoms with Gasteiger partial charge >= 0.3 is 0 Å². The maximum atomic E-state index is 13.6. The molecule has 116 valence electrons. The second-order valence-electron chi connectivity index (χ2n) is 5.22. The van der Waals surface area contributed by atoms with Crippen molar-refractivity contribution in [2.45, 2.75) is 32.9 Å². The molecule has 0 spiro atoms. The van der Waals surface area contributed by atoms with Crippen LogP contribution < -0.4 is 5.32 Å². The Bertz CT molecular complexity index is 484. The predicted octanol–water partition coefficient (Wildman–Crippen LogP) is 2.53. The van der Waals surface area contributed by atoms with Crippen LogP contribution in [0.4, 0.5) is 4.39 Å². The molecule has 2 rings (SSSR count). The van der Waals surface area contributed by atoms with E-state index in [2.05, 4.69) is 22.1 Å². The average Bonchev–Trinajstić information content (AvgIpc) is 3.01. The monoisotopic (exact) mass is 293 g/mol. The molecule has 1 N–H and O–H groups in total. The summed E-state index contributed by atoms with van der Waals surface area (Å²) in [5, 5.41) is 3.32. The quantitative estimate of drug-likeness (QED) is 0.669. The van der Waals surface area contributed by atoms with Crippen LogP contribution in [0.25, 0.3) is 0 Å². The fourth-order valence-corrected chi connectivity index (χ4v) is 2.51. The molecule has 1 heterocycles. The first-order chi connectivity index (χ1) is 10.2. The van der Waals surface area contributed by atoms with Crippen LogP contribution in [0.1, 0.15) is 30.9 Å². The van der Waals surface area contributed by atoms with E-state index >= 15 is 0 Å². The summed E-state index contributed by atoms with van der Waals surface area (Å²) in [6, 6.07) is 5.10. The molecule has 0 unspecified atom stereocenters. The normalized spacial score (nSPS) is 15.6. The lowest BCUT2D eigenvalue weighted by Gasteiger charge is -2.20. The van der Waals surface area contributed by atoms with Gasteiger partial charge in [-0.2, -0.15) is 0 Å². The zero-order valence-corrected chi connectivity index (χ0v) is 12.9. The van der Waals surface area contributed by atoms with Crippen LogP contribution in [-0.2, 0) is 17.9 Å². The van der Waals surface area contributed by atoms with Gasteiger partial charge in [-0.1, -0.05) is 6.07 Å². The molecule has 1 aromatic carbocycles. The molecule has 0 atom stereocenters. The van der Waals surface area contributed by atoms with Crippen LogP contribution in [0.3, 0.4) is 0 Å². The predicted molar refractivity (Wildman–Crippen MR) is 82.7 cm³/mol. The fraction of sp³-hybridized carbons (Fsp3) is 0.562. The lowest BCUT2D eigenvalue weighted by molar-refractivity contribution is 0.181. The molecular formula is C16H24FN3O. The summed E-state index contributed by atoms with van der Waals surface area (Å²) in [7, 11) is 1.57. The highest BCUT2D eigenvalue weighted by molar-refractivity contribution is 5.80. The van der Waals surface area contributed by atoms with Gasteiger partial charge in [0, 0.05) is 32.3 Å². The minimum atomic E-state index is -0.226. The minimum Gasteiger partial charge on any atom is -0.380 e. The average molecular weight is 293 g/mol. The van der Waals surface area contributed by atoms with Crippen molar-refractivity contribution in [1.29, 1.82) is 0 Å². The summed E-state index contributed by atoms with van der Waals surface area (Å²) >= 11 is 0. The number of aliphatic imine (C=N–C) groups is 1.